The summed E-state index contributed by atoms with van der Waals surface area (Å²) in [6.45, 7) is 1.70. The molecule has 2 aromatic carbocycles. The zero-order chi connectivity index (χ0) is 16.4. The number of ketones is 1. The van der Waals surface area contributed by atoms with E-state index in [0.29, 0.717) is 29.8 Å². The van der Waals surface area contributed by atoms with Crippen molar-refractivity contribution in [1.82, 2.24) is 0 Å². The van der Waals surface area contributed by atoms with Crippen LogP contribution < -0.4 is 10.1 Å². The van der Waals surface area contributed by atoms with Gasteiger partial charge in [0.1, 0.15) is 5.75 Å². The number of anilines is 1. The first-order chi connectivity index (χ1) is 11.0. The van der Waals surface area contributed by atoms with E-state index in [9.17, 15) is 9.59 Å². The second-order valence-corrected chi connectivity index (χ2v) is 6.38. The predicted octanol–water partition coefficient (Wildman–Crippen LogP) is 3.98. The Labute approximate surface area is 143 Å². The maximum atomic E-state index is 12.3. The minimum atomic E-state index is -0.656. The SMILES string of the molecule is CC(Oc1cccc2c1CCC2=O)C(=O)Nc1cccc(Br)c1. The van der Waals surface area contributed by atoms with Crippen molar-refractivity contribution in [2.45, 2.75) is 25.9 Å². The molecule has 118 valence electrons. The number of amides is 1. The Bertz CT molecular complexity index is 773. The Morgan fingerprint density at radius 2 is 2.00 bits per heavy atom. The van der Waals surface area contributed by atoms with Gasteiger partial charge in [-0.15, -0.1) is 0 Å². The zero-order valence-electron chi connectivity index (χ0n) is 12.6. The topological polar surface area (TPSA) is 55.4 Å². The Morgan fingerprint density at radius 3 is 2.78 bits per heavy atom. The lowest BCUT2D eigenvalue weighted by molar-refractivity contribution is -0.122. The molecule has 1 N–H and O–H groups in total. The van der Waals surface area contributed by atoms with E-state index in [4.69, 9.17) is 4.74 Å². The summed E-state index contributed by atoms with van der Waals surface area (Å²) in [5.41, 5.74) is 2.31. The van der Waals surface area contributed by atoms with Gasteiger partial charge in [0.05, 0.1) is 0 Å². The van der Waals surface area contributed by atoms with Gasteiger partial charge in [0, 0.05) is 27.7 Å². The molecule has 2 aromatic rings. The highest BCUT2D eigenvalue weighted by Crippen LogP contribution is 2.31. The molecule has 0 fully saturated rings. The molecule has 0 aromatic heterocycles. The van der Waals surface area contributed by atoms with Crippen molar-refractivity contribution in [1.29, 1.82) is 0 Å². The van der Waals surface area contributed by atoms with Gasteiger partial charge in [-0.3, -0.25) is 9.59 Å². The van der Waals surface area contributed by atoms with Gasteiger partial charge >= 0.3 is 0 Å². The van der Waals surface area contributed by atoms with Crippen LogP contribution in [-0.2, 0) is 11.2 Å². The van der Waals surface area contributed by atoms with Gasteiger partial charge in [-0.2, -0.15) is 0 Å². The summed E-state index contributed by atoms with van der Waals surface area (Å²) in [6, 6.07) is 12.8. The summed E-state index contributed by atoms with van der Waals surface area (Å²) in [7, 11) is 0. The maximum absolute atomic E-state index is 12.3. The minimum Gasteiger partial charge on any atom is -0.481 e. The van der Waals surface area contributed by atoms with Crippen LogP contribution in [0.5, 0.6) is 5.75 Å². The molecule has 1 unspecified atom stereocenters. The molecule has 1 aliphatic carbocycles. The molecular weight excluding hydrogens is 358 g/mol. The van der Waals surface area contributed by atoms with E-state index in [2.05, 4.69) is 21.2 Å². The third kappa shape index (κ3) is 3.45. The molecular formula is C18H16BrNO3. The Morgan fingerprint density at radius 1 is 1.22 bits per heavy atom. The Balaban J connectivity index is 1.71. The van der Waals surface area contributed by atoms with Crippen LogP contribution in [0.1, 0.15) is 29.3 Å². The van der Waals surface area contributed by atoms with E-state index in [0.717, 1.165) is 10.0 Å². The molecule has 4 nitrogen and oxygen atoms in total. The summed E-state index contributed by atoms with van der Waals surface area (Å²) < 4.78 is 6.69. The Kier molecular flexibility index (Phi) is 4.48. The largest absolute Gasteiger partial charge is 0.481 e. The summed E-state index contributed by atoms with van der Waals surface area (Å²) >= 11 is 3.37. The second-order valence-electron chi connectivity index (χ2n) is 5.47. The van der Waals surface area contributed by atoms with Crippen LogP contribution in [0.2, 0.25) is 0 Å². The summed E-state index contributed by atoms with van der Waals surface area (Å²) in [6.07, 6.45) is 0.523. The lowest BCUT2D eigenvalue weighted by Crippen LogP contribution is -2.30. The van der Waals surface area contributed by atoms with E-state index in [1.165, 1.54) is 0 Å². The number of fused-ring (bicyclic) bond motifs is 1. The molecule has 0 spiro atoms. The van der Waals surface area contributed by atoms with E-state index >= 15 is 0 Å². The van der Waals surface area contributed by atoms with E-state index in [1.54, 1.807) is 19.1 Å². The first kappa shape index (κ1) is 15.7. The fourth-order valence-electron chi connectivity index (χ4n) is 2.62. The lowest BCUT2D eigenvalue weighted by atomic mass is 10.1. The van der Waals surface area contributed by atoms with Gasteiger partial charge in [-0.1, -0.05) is 34.1 Å². The number of Topliss-reactive ketones (excluding diaryl/α,β-unsaturated/α-hetero) is 1. The van der Waals surface area contributed by atoms with Crippen molar-refractivity contribution in [2.75, 3.05) is 5.32 Å². The summed E-state index contributed by atoms with van der Waals surface area (Å²) in [5.74, 6) is 0.520. The van der Waals surface area contributed by atoms with Crippen LogP contribution in [0.25, 0.3) is 0 Å². The molecule has 1 atom stereocenters. The third-order valence-electron chi connectivity index (χ3n) is 3.80. The normalized spacial score (nSPS) is 14.3. The summed E-state index contributed by atoms with van der Waals surface area (Å²) in [5, 5.41) is 2.82. The zero-order valence-corrected chi connectivity index (χ0v) is 14.2. The first-order valence-electron chi connectivity index (χ1n) is 7.43. The second kappa shape index (κ2) is 6.54. The van der Waals surface area contributed by atoms with Crippen molar-refractivity contribution >= 4 is 33.3 Å². The number of carbonyl (C=O) groups is 2. The average molecular weight is 374 g/mol. The molecule has 0 saturated heterocycles. The number of hydrogen-bond acceptors (Lipinski definition) is 3. The molecule has 1 aliphatic rings. The molecule has 5 heteroatoms. The molecule has 0 radical (unpaired) electrons. The number of rotatable bonds is 4. The van der Waals surface area contributed by atoms with Crippen LogP contribution in [0, 0.1) is 0 Å². The number of benzene rings is 2. The maximum Gasteiger partial charge on any atom is 0.265 e. The van der Waals surface area contributed by atoms with Gasteiger partial charge in [0.25, 0.3) is 5.91 Å². The standard InChI is InChI=1S/C18H16BrNO3/c1-11(18(22)20-13-5-2-4-12(19)10-13)23-17-7-3-6-14-15(17)8-9-16(14)21/h2-7,10-11H,8-9H2,1H3,(H,20,22). The van der Waals surface area contributed by atoms with Crippen molar-refractivity contribution in [3.8, 4) is 5.75 Å². The average Bonchev–Trinajstić information content (AvgIpc) is 2.90. The predicted molar refractivity (Wildman–Crippen MR) is 92.0 cm³/mol. The number of ether oxygens (including phenoxy) is 1. The van der Waals surface area contributed by atoms with Crippen molar-refractivity contribution in [3.05, 3.63) is 58.1 Å². The van der Waals surface area contributed by atoms with Crippen LogP contribution in [0.15, 0.2) is 46.9 Å². The first-order valence-corrected chi connectivity index (χ1v) is 8.22. The lowest BCUT2D eigenvalue weighted by Gasteiger charge is -2.17. The van der Waals surface area contributed by atoms with Gasteiger partial charge in [0.15, 0.2) is 11.9 Å². The number of halogens is 1. The highest BCUT2D eigenvalue weighted by molar-refractivity contribution is 9.10. The van der Waals surface area contributed by atoms with Crippen LogP contribution in [0.3, 0.4) is 0 Å². The van der Waals surface area contributed by atoms with E-state index in [-0.39, 0.29) is 11.7 Å². The van der Waals surface area contributed by atoms with E-state index < -0.39 is 6.10 Å². The van der Waals surface area contributed by atoms with Crippen LogP contribution in [0.4, 0.5) is 5.69 Å². The minimum absolute atomic E-state index is 0.136. The van der Waals surface area contributed by atoms with Gasteiger partial charge in [0.2, 0.25) is 0 Å². The molecule has 0 bridgehead atoms. The van der Waals surface area contributed by atoms with Crippen molar-refractivity contribution in [2.24, 2.45) is 0 Å². The fourth-order valence-corrected chi connectivity index (χ4v) is 3.02. The highest BCUT2D eigenvalue weighted by Gasteiger charge is 2.24. The smallest absolute Gasteiger partial charge is 0.265 e. The number of hydrogen-bond donors (Lipinski definition) is 1. The Hall–Kier alpha value is -2.14. The molecule has 0 saturated carbocycles. The number of nitrogens with one attached hydrogen (secondary N) is 1. The molecule has 3 rings (SSSR count). The van der Waals surface area contributed by atoms with Gasteiger partial charge in [-0.25, -0.2) is 0 Å². The fraction of sp³-hybridized carbons (Fsp3) is 0.222. The van der Waals surface area contributed by atoms with Gasteiger partial charge < -0.3 is 10.1 Å². The quantitative estimate of drug-likeness (QED) is 0.881. The molecule has 0 aliphatic heterocycles. The monoisotopic (exact) mass is 373 g/mol. The van der Waals surface area contributed by atoms with Crippen LogP contribution in [-0.4, -0.2) is 17.8 Å². The molecule has 23 heavy (non-hydrogen) atoms. The molecule has 0 heterocycles. The van der Waals surface area contributed by atoms with Crippen LogP contribution >= 0.6 is 15.9 Å². The molecule has 1 amide bonds. The van der Waals surface area contributed by atoms with E-state index in [1.807, 2.05) is 30.3 Å². The summed E-state index contributed by atoms with van der Waals surface area (Å²) in [4.78, 5) is 24.0. The number of carbonyl (C=O) groups excluding carboxylic acids is 2. The van der Waals surface area contributed by atoms with Gasteiger partial charge in [-0.05, 0) is 37.6 Å². The van der Waals surface area contributed by atoms with Crippen molar-refractivity contribution in [3.63, 3.8) is 0 Å². The highest BCUT2D eigenvalue weighted by atomic mass is 79.9. The third-order valence-corrected chi connectivity index (χ3v) is 4.29. The van der Waals surface area contributed by atoms with Crippen molar-refractivity contribution < 1.29 is 14.3 Å².